The van der Waals surface area contributed by atoms with E-state index in [0.717, 1.165) is 34.6 Å². The molecule has 0 radical (unpaired) electrons. The molecule has 0 heterocycles. The molecule has 2 aromatic rings. The minimum Gasteiger partial charge on any atom is -0.495 e. The molecule has 2 rings (SSSR count). The summed E-state index contributed by atoms with van der Waals surface area (Å²) in [5.41, 5.74) is -0.592. The van der Waals surface area contributed by atoms with Crippen molar-refractivity contribution in [2.75, 3.05) is 18.5 Å². The Morgan fingerprint density at radius 3 is 1.96 bits per heavy atom. The quantitative estimate of drug-likeness (QED) is 0.565. The molecule has 0 fully saturated rings. The van der Waals surface area contributed by atoms with Gasteiger partial charge >= 0.3 is 0 Å². The zero-order valence-electron chi connectivity index (χ0n) is 13.1. The molecule has 0 N–H and O–H groups in total. The van der Waals surface area contributed by atoms with Gasteiger partial charge in [-0.05, 0) is 18.2 Å². The van der Waals surface area contributed by atoms with Gasteiger partial charge in [0.2, 0.25) is 0 Å². The maximum absolute atomic E-state index is 12.7. The first-order valence-corrected chi connectivity index (χ1v) is 8.18. The predicted octanol–water partition coefficient (Wildman–Crippen LogP) is 2.34. The summed E-state index contributed by atoms with van der Waals surface area (Å²) in [6, 6.07) is 7.85. The third-order valence-corrected chi connectivity index (χ3v) is 5.20. The molecule has 0 unspecified atom stereocenters. The highest BCUT2D eigenvalue weighted by atomic mass is 32.2. The van der Waals surface area contributed by atoms with E-state index in [9.17, 15) is 28.6 Å². The largest absolute Gasteiger partial charge is 0.495 e. The Labute approximate surface area is 142 Å². The first-order valence-electron chi connectivity index (χ1n) is 6.74. The van der Waals surface area contributed by atoms with Gasteiger partial charge in [0.15, 0.2) is 0 Å². The number of rotatable bonds is 6. The van der Waals surface area contributed by atoms with Crippen molar-refractivity contribution in [3.8, 4) is 5.75 Å². The van der Waals surface area contributed by atoms with E-state index in [-0.39, 0.29) is 27.7 Å². The number of hydrogen-bond donors (Lipinski definition) is 0. The normalized spacial score (nSPS) is 11.0. The highest BCUT2D eigenvalue weighted by Crippen LogP contribution is 2.34. The van der Waals surface area contributed by atoms with E-state index in [4.69, 9.17) is 4.74 Å². The van der Waals surface area contributed by atoms with E-state index < -0.39 is 19.9 Å². The Hall–Kier alpha value is -3.21. The number of anilines is 1. The van der Waals surface area contributed by atoms with Crippen molar-refractivity contribution >= 4 is 27.1 Å². The van der Waals surface area contributed by atoms with E-state index in [1.54, 1.807) is 0 Å². The summed E-state index contributed by atoms with van der Waals surface area (Å²) in [4.78, 5) is 20.1. The number of benzene rings is 2. The molecule has 0 amide bonds. The Kier molecular flexibility index (Phi) is 4.88. The minimum absolute atomic E-state index is 0.0324. The third-order valence-electron chi connectivity index (χ3n) is 3.42. The van der Waals surface area contributed by atoms with Gasteiger partial charge in [-0.15, -0.1) is 0 Å². The average molecular weight is 367 g/mol. The lowest BCUT2D eigenvalue weighted by Crippen LogP contribution is -2.27. The number of non-ortho nitro benzene ring substituents is 2. The molecular formula is C14H13N3O7S. The molecule has 0 aliphatic heterocycles. The minimum atomic E-state index is -4.10. The van der Waals surface area contributed by atoms with Gasteiger partial charge in [0.25, 0.3) is 21.4 Å². The smallest absolute Gasteiger partial charge is 0.271 e. The van der Waals surface area contributed by atoms with Gasteiger partial charge in [-0.1, -0.05) is 0 Å². The predicted molar refractivity (Wildman–Crippen MR) is 88.3 cm³/mol. The lowest BCUT2D eigenvalue weighted by atomic mass is 10.2. The van der Waals surface area contributed by atoms with Gasteiger partial charge in [0, 0.05) is 31.3 Å². The summed E-state index contributed by atoms with van der Waals surface area (Å²) in [6.07, 6.45) is 0. The summed E-state index contributed by atoms with van der Waals surface area (Å²) in [6.45, 7) is 0. The zero-order valence-corrected chi connectivity index (χ0v) is 14.0. The maximum Gasteiger partial charge on any atom is 0.271 e. The molecule has 0 atom stereocenters. The second-order valence-corrected chi connectivity index (χ2v) is 6.81. The number of nitrogens with zero attached hydrogens (tertiary/aromatic N) is 3. The van der Waals surface area contributed by atoms with Crippen LogP contribution in [0.25, 0.3) is 0 Å². The number of sulfonamides is 1. The molecule has 0 saturated carbocycles. The van der Waals surface area contributed by atoms with E-state index in [1.165, 1.54) is 26.3 Å². The molecule has 0 bridgehead atoms. The molecular weight excluding hydrogens is 354 g/mol. The second-order valence-electron chi connectivity index (χ2n) is 4.84. The van der Waals surface area contributed by atoms with Crippen molar-refractivity contribution in [1.29, 1.82) is 0 Å². The van der Waals surface area contributed by atoms with Gasteiger partial charge in [-0.2, -0.15) is 0 Å². The number of methoxy groups -OCH3 is 1. The molecule has 2 aromatic carbocycles. The maximum atomic E-state index is 12.7. The number of nitro benzene ring substituents is 2. The van der Waals surface area contributed by atoms with Gasteiger partial charge in [-0.3, -0.25) is 24.5 Å². The van der Waals surface area contributed by atoms with Crippen molar-refractivity contribution in [1.82, 2.24) is 0 Å². The van der Waals surface area contributed by atoms with Crippen LogP contribution in [-0.2, 0) is 10.0 Å². The molecule has 0 saturated heterocycles. The van der Waals surface area contributed by atoms with Crippen LogP contribution in [0.4, 0.5) is 17.1 Å². The molecule has 10 nitrogen and oxygen atoms in total. The zero-order chi connectivity index (χ0) is 18.8. The Morgan fingerprint density at radius 2 is 1.48 bits per heavy atom. The summed E-state index contributed by atoms with van der Waals surface area (Å²) in [5.74, 6) is 0.124. The fourth-order valence-corrected chi connectivity index (χ4v) is 3.26. The summed E-state index contributed by atoms with van der Waals surface area (Å²) < 4.78 is 31.3. The average Bonchev–Trinajstić information content (AvgIpc) is 2.60. The van der Waals surface area contributed by atoms with E-state index in [2.05, 4.69) is 0 Å². The molecule has 11 heteroatoms. The van der Waals surface area contributed by atoms with Crippen LogP contribution in [-0.4, -0.2) is 32.4 Å². The van der Waals surface area contributed by atoms with Crippen molar-refractivity contribution in [2.45, 2.75) is 4.90 Å². The monoisotopic (exact) mass is 367 g/mol. The van der Waals surface area contributed by atoms with Crippen LogP contribution < -0.4 is 9.04 Å². The number of hydrogen-bond acceptors (Lipinski definition) is 7. The molecule has 0 aliphatic carbocycles. The highest BCUT2D eigenvalue weighted by molar-refractivity contribution is 7.92. The van der Waals surface area contributed by atoms with Crippen molar-refractivity contribution in [3.05, 3.63) is 62.7 Å². The standard InChI is InChI=1S/C14H13N3O7S/c1-15(13-9-11(17(20)21)5-8-14(13)24-2)25(22,23)12-6-3-10(4-7-12)16(18)19/h3-9H,1-2H3. The van der Waals surface area contributed by atoms with Crippen molar-refractivity contribution in [3.63, 3.8) is 0 Å². The van der Waals surface area contributed by atoms with Gasteiger partial charge in [-0.25, -0.2) is 8.42 Å². The van der Waals surface area contributed by atoms with Gasteiger partial charge in [0.1, 0.15) is 11.4 Å². The van der Waals surface area contributed by atoms with Crippen LogP contribution in [0, 0.1) is 20.2 Å². The first-order chi connectivity index (χ1) is 11.7. The van der Waals surface area contributed by atoms with E-state index >= 15 is 0 Å². The van der Waals surface area contributed by atoms with Gasteiger partial charge < -0.3 is 4.74 Å². The summed E-state index contributed by atoms with van der Waals surface area (Å²) >= 11 is 0. The number of nitro groups is 2. The van der Waals surface area contributed by atoms with Crippen LogP contribution in [0.1, 0.15) is 0 Å². The van der Waals surface area contributed by atoms with Gasteiger partial charge in [0.05, 0.1) is 21.9 Å². The summed E-state index contributed by atoms with van der Waals surface area (Å²) in [5, 5.41) is 21.6. The molecule has 0 aromatic heterocycles. The third kappa shape index (κ3) is 3.50. The Balaban J connectivity index is 2.51. The molecule has 0 aliphatic rings. The Bertz CT molecular complexity index is 926. The molecule has 25 heavy (non-hydrogen) atoms. The summed E-state index contributed by atoms with van der Waals surface area (Å²) in [7, 11) is -1.59. The fraction of sp³-hybridized carbons (Fsp3) is 0.143. The fourth-order valence-electron chi connectivity index (χ4n) is 2.07. The topological polar surface area (TPSA) is 133 Å². The van der Waals surface area contributed by atoms with Crippen LogP contribution in [0.15, 0.2) is 47.4 Å². The Morgan fingerprint density at radius 1 is 0.960 bits per heavy atom. The SMILES string of the molecule is COc1ccc([N+](=O)[O-])cc1N(C)S(=O)(=O)c1ccc([N+](=O)[O-])cc1. The second kappa shape index (κ2) is 6.73. The highest BCUT2D eigenvalue weighted by Gasteiger charge is 2.26. The number of ether oxygens (including phenoxy) is 1. The van der Waals surface area contributed by atoms with Crippen LogP contribution in [0.3, 0.4) is 0 Å². The molecule has 132 valence electrons. The van der Waals surface area contributed by atoms with Crippen LogP contribution in [0.5, 0.6) is 5.75 Å². The van der Waals surface area contributed by atoms with E-state index in [1.807, 2.05) is 0 Å². The van der Waals surface area contributed by atoms with E-state index in [0.29, 0.717) is 0 Å². The van der Waals surface area contributed by atoms with Crippen molar-refractivity contribution < 1.29 is 23.0 Å². The lowest BCUT2D eigenvalue weighted by molar-refractivity contribution is -0.385. The van der Waals surface area contributed by atoms with Crippen molar-refractivity contribution in [2.24, 2.45) is 0 Å². The first kappa shape index (κ1) is 18.1. The van der Waals surface area contributed by atoms with Crippen LogP contribution in [0.2, 0.25) is 0 Å². The van der Waals surface area contributed by atoms with Crippen LogP contribution >= 0.6 is 0 Å². The lowest BCUT2D eigenvalue weighted by Gasteiger charge is -2.21. The molecule has 0 spiro atoms.